The maximum absolute atomic E-state index is 14.0. The molecule has 1 aliphatic rings. The number of anilines is 2. The maximum atomic E-state index is 14.0. The second-order valence-corrected chi connectivity index (χ2v) is 17.3. The van der Waals surface area contributed by atoms with Gasteiger partial charge in [-0.3, -0.25) is 0 Å². The largest absolute Gasteiger partial charge is 0.494 e. The van der Waals surface area contributed by atoms with Gasteiger partial charge in [-0.15, -0.1) is 0 Å². The second kappa shape index (κ2) is 10.6. The fourth-order valence-electron chi connectivity index (χ4n) is 7.04. The Labute approximate surface area is 217 Å². The topological polar surface area (TPSA) is 29.4 Å². The quantitative estimate of drug-likeness (QED) is 0.309. The highest BCUT2D eigenvalue weighted by Crippen LogP contribution is 2.46. The Hall–Kier alpha value is -2.31. The smallest absolute Gasteiger partial charge is 0.169 e. The molecule has 0 amide bonds. The van der Waals surface area contributed by atoms with Gasteiger partial charge in [0, 0.05) is 28.3 Å². The number of benzene rings is 2. The van der Waals surface area contributed by atoms with Gasteiger partial charge >= 0.3 is 0 Å². The van der Waals surface area contributed by atoms with Crippen molar-refractivity contribution in [2.24, 2.45) is 0 Å². The van der Waals surface area contributed by atoms with E-state index in [0.29, 0.717) is 22.5 Å². The SMILES string of the molecule is COc1cc(Nc2ccc3c(C4CCN(C)CC4)cn([Si](C(C)C)(C(C)C)C(C)C)c3c2)ccc1F. The lowest BCUT2D eigenvalue weighted by atomic mass is 9.89. The van der Waals surface area contributed by atoms with E-state index < -0.39 is 8.24 Å². The van der Waals surface area contributed by atoms with Crippen LogP contribution in [0.4, 0.5) is 15.8 Å². The second-order valence-electron chi connectivity index (χ2n) is 11.6. The monoisotopic (exact) mass is 509 g/mol. The molecule has 0 radical (unpaired) electrons. The Balaban J connectivity index is 1.88. The molecule has 6 heteroatoms. The number of fused-ring (bicyclic) bond motifs is 1. The summed E-state index contributed by atoms with van der Waals surface area (Å²) in [5.41, 5.74) is 6.52. The molecule has 1 fully saturated rings. The van der Waals surface area contributed by atoms with Gasteiger partial charge in [-0.2, -0.15) is 0 Å². The molecular weight excluding hydrogens is 465 g/mol. The molecule has 196 valence electrons. The van der Waals surface area contributed by atoms with Gasteiger partial charge in [-0.25, -0.2) is 4.39 Å². The molecule has 3 aromatic rings. The van der Waals surface area contributed by atoms with Crippen molar-refractivity contribution in [3.05, 3.63) is 54.0 Å². The van der Waals surface area contributed by atoms with E-state index in [9.17, 15) is 4.39 Å². The van der Waals surface area contributed by atoms with Gasteiger partial charge in [0.05, 0.1) is 7.11 Å². The van der Waals surface area contributed by atoms with E-state index in [0.717, 1.165) is 24.5 Å². The number of piperidine rings is 1. The number of ether oxygens (including phenoxy) is 1. The lowest BCUT2D eigenvalue weighted by Gasteiger charge is -2.44. The van der Waals surface area contributed by atoms with Crippen LogP contribution in [0.1, 0.15) is 65.9 Å². The molecule has 0 bridgehead atoms. The van der Waals surface area contributed by atoms with Crippen molar-refractivity contribution >= 4 is 30.5 Å². The van der Waals surface area contributed by atoms with Crippen LogP contribution in [0.15, 0.2) is 42.6 Å². The highest BCUT2D eigenvalue weighted by molar-refractivity contribution is 6.82. The third kappa shape index (κ3) is 4.70. The van der Waals surface area contributed by atoms with Crippen LogP contribution in [0.25, 0.3) is 10.9 Å². The fraction of sp³-hybridized carbons (Fsp3) is 0.533. The Morgan fingerprint density at radius 3 is 2.08 bits per heavy atom. The number of rotatable bonds is 8. The Bertz CT molecular complexity index is 1170. The molecule has 36 heavy (non-hydrogen) atoms. The maximum Gasteiger partial charge on any atom is 0.169 e. The minimum atomic E-state index is -1.95. The van der Waals surface area contributed by atoms with E-state index in [4.69, 9.17) is 4.74 Å². The number of hydrogen-bond acceptors (Lipinski definition) is 3. The average molecular weight is 510 g/mol. The van der Waals surface area contributed by atoms with Crippen LogP contribution < -0.4 is 10.1 Å². The van der Waals surface area contributed by atoms with E-state index in [2.05, 4.69) is 87.4 Å². The molecule has 0 spiro atoms. The number of halogens is 1. The van der Waals surface area contributed by atoms with E-state index in [-0.39, 0.29) is 11.6 Å². The molecule has 0 atom stereocenters. The Morgan fingerprint density at radius 2 is 1.50 bits per heavy atom. The summed E-state index contributed by atoms with van der Waals surface area (Å²) < 4.78 is 21.9. The fourth-order valence-corrected chi connectivity index (χ4v) is 13.7. The van der Waals surface area contributed by atoms with Crippen molar-refractivity contribution in [2.75, 3.05) is 32.6 Å². The number of nitrogens with zero attached hydrogens (tertiary/aromatic N) is 2. The molecule has 4 rings (SSSR count). The first-order valence-electron chi connectivity index (χ1n) is 13.5. The first kappa shape index (κ1) is 26.7. The van der Waals surface area contributed by atoms with E-state index >= 15 is 0 Å². The number of nitrogens with one attached hydrogen (secondary N) is 1. The van der Waals surface area contributed by atoms with Crippen molar-refractivity contribution in [1.29, 1.82) is 0 Å². The lowest BCUT2D eigenvalue weighted by molar-refractivity contribution is 0.256. The van der Waals surface area contributed by atoms with E-state index in [1.165, 1.54) is 42.5 Å². The lowest BCUT2D eigenvalue weighted by Crippen LogP contribution is -2.51. The normalized spacial score (nSPS) is 16.0. The van der Waals surface area contributed by atoms with Crippen molar-refractivity contribution in [3.8, 4) is 5.75 Å². The third-order valence-electron chi connectivity index (χ3n) is 8.63. The highest BCUT2D eigenvalue weighted by Gasteiger charge is 2.46. The van der Waals surface area contributed by atoms with Gasteiger partial charge in [-0.05, 0) is 91.5 Å². The van der Waals surface area contributed by atoms with Crippen LogP contribution in [0.3, 0.4) is 0 Å². The van der Waals surface area contributed by atoms with E-state index in [1.54, 1.807) is 12.1 Å². The molecule has 1 aliphatic heterocycles. The van der Waals surface area contributed by atoms with Crippen molar-refractivity contribution < 1.29 is 9.13 Å². The zero-order chi connectivity index (χ0) is 26.2. The summed E-state index contributed by atoms with van der Waals surface area (Å²) in [5.74, 6) is 0.500. The summed E-state index contributed by atoms with van der Waals surface area (Å²) in [7, 11) is 1.78. The molecule has 0 saturated carbocycles. The minimum absolute atomic E-state index is 0.250. The molecule has 1 aromatic heterocycles. The molecule has 0 unspecified atom stereocenters. The molecule has 4 nitrogen and oxygen atoms in total. The number of hydrogen-bond donors (Lipinski definition) is 1. The zero-order valence-corrected chi connectivity index (χ0v) is 24.4. The summed E-state index contributed by atoms with van der Waals surface area (Å²) in [6.07, 6.45) is 4.98. The van der Waals surface area contributed by atoms with Gasteiger partial charge in [0.15, 0.2) is 19.8 Å². The number of likely N-dealkylation sites (tertiary alicyclic amines) is 1. The Morgan fingerprint density at radius 1 is 0.917 bits per heavy atom. The molecule has 1 saturated heterocycles. The first-order valence-corrected chi connectivity index (χ1v) is 15.7. The van der Waals surface area contributed by atoms with Crippen LogP contribution in [0.5, 0.6) is 5.75 Å². The van der Waals surface area contributed by atoms with Gasteiger partial charge in [0.1, 0.15) is 0 Å². The van der Waals surface area contributed by atoms with Crippen molar-refractivity contribution in [1.82, 2.24) is 9.13 Å². The molecule has 0 aliphatic carbocycles. The van der Waals surface area contributed by atoms with Gasteiger partial charge in [0.2, 0.25) is 0 Å². The van der Waals surface area contributed by atoms with Crippen LogP contribution in [0, 0.1) is 5.82 Å². The van der Waals surface area contributed by atoms with Crippen molar-refractivity contribution in [2.45, 2.75) is 76.9 Å². The zero-order valence-electron chi connectivity index (χ0n) is 23.4. The van der Waals surface area contributed by atoms with Crippen LogP contribution in [-0.2, 0) is 0 Å². The molecular formula is C30H44FN3OSi. The minimum Gasteiger partial charge on any atom is -0.494 e. The van der Waals surface area contributed by atoms with E-state index in [1.807, 2.05) is 0 Å². The standard InChI is InChI=1S/C30H44FN3OSi/c1-20(2)36(21(3)4,22(5)6)34-19-27(23-13-15-33(7)16-14-23)26-11-9-24(17-29(26)34)32-25-10-12-28(31)30(18-25)35-8/h9-12,17-23,32H,13-16H2,1-8H3. The predicted molar refractivity (Wildman–Crippen MR) is 154 cm³/mol. The van der Waals surface area contributed by atoms with Gasteiger partial charge in [0.25, 0.3) is 0 Å². The van der Waals surface area contributed by atoms with Gasteiger partial charge < -0.3 is 19.2 Å². The third-order valence-corrected chi connectivity index (χ3v) is 15.4. The molecule has 2 heterocycles. The van der Waals surface area contributed by atoms with Crippen LogP contribution in [0.2, 0.25) is 16.6 Å². The summed E-state index contributed by atoms with van der Waals surface area (Å²) in [5, 5.41) is 4.90. The Kier molecular flexibility index (Phi) is 7.86. The average Bonchev–Trinajstić information content (AvgIpc) is 3.19. The van der Waals surface area contributed by atoms with Crippen LogP contribution >= 0.6 is 0 Å². The highest BCUT2D eigenvalue weighted by atomic mass is 28.3. The van der Waals surface area contributed by atoms with Gasteiger partial charge in [-0.1, -0.05) is 47.6 Å². The summed E-state index contributed by atoms with van der Waals surface area (Å²) in [6.45, 7) is 16.9. The number of aromatic nitrogens is 1. The predicted octanol–water partition coefficient (Wildman–Crippen LogP) is 8.37. The molecule has 2 aromatic carbocycles. The molecule has 1 N–H and O–H groups in total. The summed E-state index contributed by atoms with van der Waals surface area (Å²) in [6, 6.07) is 11.7. The number of methoxy groups -OCH3 is 1. The summed E-state index contributed by atoms with van der Waals surface area (Å²) in [4.78, 5) is 2.45. The van der Waals surface area contributed by atoms with Crippen molar-refractivity contribution in [3.63, 3.8) is 0 Å². The first-order chi connectivity index (χ1) is 17.1. The van der Waals surface area contributed by atoms with Crippen LogP contribution in [-0.4, -0.2) is 44.6 Å². The summed E-state index contributed by atoms with van der Waals surface area (Å²) >= 11 is 0.